The monoisotopic (exact) mass is 832 g/mol. The van der Waals surface area contributed by atoms with Crippen LogP contribution in [0.15, 0.2) is 223 Å². The lowest BCUT2D eigenvalue weighted by molar-refractivity contribution is 0.620. The van der Waals surface area contributed by atoms with Gasteiger partial charge in [0.15, 0.2) is 17.2 Å². The van der Waals surface area contributed by atoms with Crippen LogP contribution in [-0.2, 0) is 0 Å². The van der Waals surface area contributed by atoms with Gasteiger partial charge in [0.2, 0.25) is 11.8 Å². The van der Waals surface area contributed by atoms with Crippen molar-refractivity contribution in [1.29, 1.82) is 0 Å². The molecule has 0 saturated heterocycles. The Balaban J connectivity index is 1.02. The van der Waals surface area contributed by atoms with Gasteiger partial charge in [0.05, 0.1) is 22.1 Å². The summed E-state index contributed by atoms with van der Waals surface area (Å²) in [5.74, 6) is 2.31. The van der Waals surface area contributed by atoms with Gasteiger partial charge < -0.3 is 8.98 Å². The molecule has 7 heteroatoms. The molecule has 0 radical (unpaired) electrons. The number of rotatable bonds is 7. The highest BCUT2D eigenvalue weighted by Crippen LogP contribution is 2.42. The average Bonchev–Trinajstić information content (AvgIpc) is 4.08. The zero-order chi connectivity index (χ0) is 42.8. The van der Waals surface area contributed by atoms with Crippen molar-refractivity contribution < 1.29 is 4.42 Å². The molecular formula is C58H36N6O. The number of oxazole rings is 1. The number of aromatic nitrogens is 6. The first kappa shape index (κ1) is 36.7. The summed E-state index contributed by atoms with van der Waals surface area (Å²) in [7, 11) is 0. The van der Waals surface area contributed by atoms with Crippen molar-refractivity contribution in [3.05, 3.63) is 218 Å². The van der Waals surface area contributed by atoms with E-state index in [0.717, 1.165) is 88.2 Å². The van der Waals surface area contributed by atoms with Crippen molar-refractivity contribution in [3.63, 3.8) is 0 Å². The Labute approximate surface area is 373 Å². The smallest absolute Gasteiger partial charge is 0.238 e. The van der Waals surface area contributed by atoms with Crippen molar-refractivity contribution in [1.82, 2.24) is 29.1 Å². The fourth-order valence-electron chi connectivity index (χ4n) is 9.36. The van der Waals surface area contributed by atoms with E-state index in [2.05, 4.69) is 179 Å². The first-order chi connectivity index (χ1) is 32.2. The second kappa shape index (κ2) is 14.9. The van der Waals surface area contributed by atoms with Crippen LogP contribution in [0.25, 0.3) is 123 Å². The average molecular weight is 833 g/mol. The number of hydrogen-bond acceptors (Lipinski definition) is 5. The molecule has 9 aromatic carbocycles. The van der Waals surface area contributed by atoms with Crippen LogP contribution in [-0.4, -0.2) is 29.1 Å². The van der Waals surface area contributed by atoms with Crippen molar-refractivity contribution in [2.45, 2.75) is 0 Å². The van der Waals surface area contributed by atoms with Crippen LogP contribution in [0, 0.1) is 0 Å². The maximum absolute atomic E-state index is 6.17. The summed E-state index contributed by atoms with van der Waals surface area (Å²) in [6.07, 6.45) is 0. The molecule has 0 fully saturated rings. The first-order valence-electron chi connectivity index (χ1n) is 21.7. The summed E-state index contributed by atoms with van der Waals surface area (Å²) >= 11 is 0. The van der Waals surface area contributed by atoms with Gasteiger partial charge in [0, 0.05) is 43.9 Å². The van der Waals surface area contributed by atoms with E-state index in [1.54, 1.807) is 0 Å². The van der Waals surface area contributed by atoms with Crippen LogP contribution in [0.1, 0.15) is 0 Å². The lowest BCUT2D eigenvalue weighted by Crippen LogP contribution is -2.07. The van der Waals surface area contributed by atoms with Crippen LogP contribution in [0.5, 0.6) is 0 Å². The Morgan fingerprint density at radius 1 is 0.323 bits per heavy atom. The van der Waals surface area contributed by atoms with E-state index in [-0.39, 0.29) is 0 Å². The highest BCUT2D eigenvalue weighted by atomic mass is 16.3. The molecule has 7 nitrogen and oxygen atoms in total. The molecule has 0 bridgehead atoms. The second-order valence-corrected chi connectivity index (χ2v) is 16.3. The predicted octanol–water partition coefficient (Wildman–Crippen LogP) is 14.5. The molecule has 0 spiro atoms. The lowest BCUT2D eigenvalue weighted by Gasteiger charge is -2.13. The van der Waals surface area contributed by atoms with E-state index in [4.69, 9.17) is 24.4 Å². The minimum absolute atomic E-state index is 0.537. The van der Waals surface area contributed by atoms with Crippen molar-refractivity contribution >= 4 is 54.7 Å². The standard InChI is InChI=1S/C58H36N6O/c1-3-14-37(15-4-1)42-18-13-19-43(36-42)38-26-28-40(29-27-38)56-60-55(39-16-5-2-6-17-39)61-58(62-56)64-51-24-11-8-21-46(51)48-35-34-47-45-20-7-10-23-50(45)63(53(47)54(48)64)44-32-30-41(31-33-44)57-59-49-22-9-12-25-52(49)65-57/h1-36H. The molecular weight excluding hydrogens is 797 g/mol. The molecule has 4 aromatic heterocycles. The molecule has 0 aliphatic rings. The molecule has 65 heavy (non-hydrogen) atoms. The van der Waals surface area contributed by atoms with E-state index in [0.29, 0.717) is 23.5 Å². The van der Waals surface area contributed by atoms with Gasteiger partial charge in [-0.2, -0.15) is 9.97 Å². The summed E-state index contributed by atoms with van der Waals surface area (Å²) in [5.41, 5.74) is 14.1. The van der Waals surface area contributed by atoms with E-state index < -0.39 is 0 Å². The van der Waals surface area contributed by atoms with Crippen LogP contribution in [0.3, 0.4) is 0 Å². The summed E-state index contributed by atoms with van der Waals surface area (Å²) in [4.78, 5) is 20.6. The van der Waals surface area contributed by atoms with Crippen LogP contribution in [0.2, 0.25) is 0 Å². The summed E-state index contributed by atoms with van der Waals surface area (Å²) in [5, 5.41) is 4.49. The van der Waals surface area contributed by atoms with Crippen molar-refractivity contribution in [3.8, 4) is 68.1 Å². The van der Waals surface area contributed by atoms with Gasteiger partial charge in [-0.25, -0.2) is 9.97 Å². The van der Waals surface area contributed by atoms with Gasteiger partial charge in [-0.05, 0) is 76.9 Å². The second-order valence-electron chi connectivity index (χ2n) is 16.3. The normalized spacial score (nSPS) is 11.7. The molecule has 13 aromatic rings. The van der Waals surface area contributed by atoms with Gasteiger partial charge in [0.25, 0.3) is 0 Å². The zero-order valence-electron chi connectivity index (χ0n) is 34.9. The molecule has 0 aliphatic carbocycles. The van der Waals surface area contributed by atoms with E-state index in [9.17, 15) is 0 Å². The Morgan fingerprint density at radius 2 is 0.815 bits per heavy atom. The molecule has 0 amide bonds. The zero-order valence-corrected chi connectivity index (χ0v) is 34.9. The topological polar surface area (TPSA) is 74.6 Å². The molecule has 0 saturated carbocycles. The Hall–Kier alpha value is -8.94. The summed E-state index contributed by atoms with van der Waals surface area (Å²) in [6, 6.07) is 75.9. The van der Waals surface area contributed by atoms with Gasteiger partial charge in [-0.1, -0.05) is 164 Å². The minimum Gasteiger partial charge on any atom is -0.436 e. The third-order valence-corrected chi connectivity index (χ3v) is 12.4. The molecule has 0 atom stereocenters. The number of fused-ring (bicyclic) bond motifs is 8. The van der Waals surface area contributed by atoms with Crippen molar-refractivity contribution in [2.24, 2.45) is 0 Å². The van der Waals surface area contributed by atoms with Crippen LogP contribution >= 0.6 is 0 Å². The summed E-state index contributed by atoms with van der Waals surface area (Å²) < 4.78 is 10.8. The number of para-hydroxylation sites is 4. The highest BCUT2D eigenvalue weighted by molar-refractivity contribution is 6.23. The number of benzene rings is 9. The quantitative estimate of drug-likeness (QED) is 0.160. The number of hydrogen-bond donors (Lipinski definition) is 0. The number of nitrogens with zero attached hydrogens (tertiary/aromatic N) is 6. The van der Waals surface area contributed by atoms with Gasteiger partial charge in [-0.15, -0.1) is 0 Å². The predicted molar refractivity (Wildman–Crippen MR) is 263 cm³/mol. The summed E-state index contributed by atoms with van der Waals surface area (Å²) in [6.45, 7) is 0. The Morgan fingerprint density at radius 3 is 1.48 bits per heavy atom. The fourth-order valence-corrected chi connectivity index (χ4v) is 9.36. The molecule has 0 aliphatic heterocycles. The molecule has 13 rings (SSSR count). The first-order valence-corrected chi connectivity index (χ1v) is 21.7. The van der Waals surface area contributed by atoms with Crippen LogP contribution in [0.4, 0.5) is 0 Å². The third kappa shape index (κ3) is 6.13. The highest BCUT2D eigenvalue weighted by Gasteiger charge is 2.24. The minimum atomic E-state index is 0.537. The maximum atomic E-state index is 6.17. The van der Waals surface area contributed by atoms with Gasteiger partial charge in [-0.3, -0.25) is 4.57 Å². The van der Waals surface area contributed by atoms with E-state index >= 15 is 0 Å². The third-order valence-electron chi connectivity index (χ3n) is 12.4. The Kier molecular flexibility index (Phi) is 8.39. The molecule has 304 valence electrons. The molecule has 4 heterocycles. The fraction of sp³-hybridized carbons (Fsp3) is 0. The van der Waals surface area contributed by atoms with E-state index in [1.807, 2.05) is 48.5 Å². The Bertz CT molecular complexity index is 3890. The van der Waals surface area contributed by atoms with Crippen LogP contribution < -0.4 is 0 Å². The van der Waals surface area contributed by atoms with Gasteiger partial charge >= 0.3 is 0 Å². The van der Waals surface area contributed by atoms with Crippen molar-refractivity contribution in [2.75, 3.05) is 0 Å². The maximum Gasteiger partial charge on any atom is 0.238 e. The molecule has 0 unspecified atom stereocenters. The van der Waals surface area contributed by atoms with Gasteiger partial charge in [0.1, 0.15) is 5.52 Å². The lowest BCUT2D eigenvalue weighted by atomic mass is 9.98. The molecule has 0 N–H and O–H groups in total. The largest absolute Gasteiger partial charge is 0.436 e. The van der Waals surface area contributed by atoms with E-state index in [1.165, 1.54) is 11.1 Å². The SMILES string of the molecule is c1ccc(-c2cccc(-c3ccc(-c4nc(-c5ccccc5)nc(-n5c6ccccc6c6ccc7c8ccccc8n(-c8ccc(-c9nc%10ccccc%10o9)cc8)c7c65)n4)cc3)c2)cc1.